The van der Waals surface area contributed by atoms with Crippen molar-refractivity contribution in [1.29, 1.82) is 0 Å². The number of alkyl carbamates (subject to hydrolysis) is 1. The molecule has 2 amide bonds. The lowest BCUT2D eigenvalue weighted by molar-refractivity contribution is -0.138. The Labute approximate surface area is 202 Å². The van der Waals surface area contributed by atoms with E-state index in [0.29, 0.717) is 24.2 Å². The summed E-state index contributed by atoms with van der Waals surface area (Å²) in [5, 5.41) is 14.4. The van der Waals surface area contributed by atoms with Crippen LogP contribution in [0.25, 0.3) is 11.1 Å². The number of pyridine rings is 1. The van der Waals surface area contributed by atoms with Gasteiger partial charge >= 0.3 is 12.1 Å². The number of aromatic nitrogens is 1. The van der Waals surface area contributed by atoms with E-state index < -0.39 is 12.1 Å². The van der Waals surface area contributed by atoms with Crippen molar-refractivity contribution in [3.05, 3.63) is 89.2 Å². The highest BCUT2D eigenvalue weighted by Crippen LogP contribution is 2.44. The summed E-state index contributed by atoms with van der Waals surface area (Å²) in [6, 6.07) is 19.4. The van der Waals surface area contributed by atoms with Gasteiger partial charge in [-0.1, -0.05) is 48.5 Å². The van der Waals surface area contributed by atoms with Crippen LogP contribution in [0.4, 0.5) is 4.79 Å². The minimum atomic E-state index is -0.824. The average Bonchev–Trinajstić information content (AvgIpc) is 3.60. The van der Waals surface area contributed by atoms with Gasteiger partial charge in [-0.3, -0.25) is 14.6 Å². The van der Waals surface area contributed by atoms with E-state index in [0.717, 1.165) is 22.3 Å². The van der Waals surface area contributed by atoms with Gasteiger partial charge in [0, 0.05) is 24.2 Å². The number of carboxylic acid groups (broad SMARTS) is 1. The van der Waals surface area contributed by atoms with Crippen molar-refractivity contribution in [1.82, 2.24) is 15.6 Å². The third-order valence-electron chi connectivity index (χ3n) is 6.60. The van der Waals surface area contributed by atoms with Gasteiger partial charge in [-0.05, 0) is 46.7 Å². The molecule has 1 fully saturated rings. The number of ether oxygens (including phenoxy) is 1. The first-order valence-electron chi connectivity index (χ1n) is 11.6. The number of hydrogen-bond acceptors (Lipinski definition) is 5. The Morgan fingerprint density at radius 2 is 1.66 bits per heavy atom. The molecular formula is C27H25N3O5. The van der Waals surface area contributed by atoms with Gasteiger partial charge in [-0.25, -0.2) is 4.79 Å². The van der Waals surface area contributed by atoms with E-state index in [4.69, 9.17) is 9.84 Å². The third kappa shape index (κ3) is 4.87. The highest BCUT2D eigenvalue weighted by molar-refractivity contribution is 5.94. The van der Waals surface area contributed by atoms with E-state index in [1.165, 1.54) is 6.20 Å². The maximum Gasteiger partial charge on any atom is 0.407 e. The fourth-order valence-corrected chi connectivity index (χ4v) is 4.63. The molecule has 8 heteroatoms. The molecule has 8 nitrogen and oxygen atoms in total. The average molecular weight is 472 g/mol. The first kappa shape index (κ1) is 22.6. The molecule has 2 aliphatic carbocycles. The summed E-state index contributed by atoms with van der Waals surface area (Å²) in [7, 11) is 0. The summed E-state index contributed by atoms with van der Waals surface area (Å²) in [5.74, 6) is -1.54. The standard InChI is InChI=1S/C27H25N3O5/c31-25(29-13-17-12-23(17)26(32)33)16-9-10-28-18(11-16)14-30-27(34)35-15-24-21-7-3-1-5-19(21)20-6-2-4-8-22(20)24/h1-11,17,23-24H,12-15H2,(H,29,31)(H,30,34)(H,32,33)/t17-,23-/m1/s1. The van der Waals surface area contributed by atoms with Crippen molar-refractivity contribution in [3.63, 3.8) is 0 Å². The molecule has 0 unspecified atom stereocenters. The number of amides is 2. The molecule has 5 rings (SSSR count). The molecule has 2 atom stereocenters. The third-order valence-corrected chi connectivity index (χ3v) is 6.60. The monoisotopic (exact) mass is 471 g/mol. The fraction of sp³-hybridized carbons (Fsp3) is 0.259. The number of benzene rings is 2. The minimum Gasteiger partial charge on any atom is -0.481 e. The molecule has 0 saturated heterocycles. The Morgan fingerprint density at radius 3 is 2.31 bits per heavy atom. The zero-order chi connectivity index (χ0) is 24.4. The predicted octanol–water partition coefficient (Wildman–Crippen LogP) is 3.57. The summed E-state index contributed by atoms with van der Waals surface area (Å²) in [6.45, 7) is 0.654. The van der Waals surface area contributed by atoms with E-state index in [1.807, 2.05) is 24.3 Å². The molecule has 1 saturated carbocycles. The second kappa shape index (κ2) is 9.58. The van der Waals surface area contributed by atoms with E-state index in [1.54, 1.807) is 12.1 Å². The molecule has 1 heterocycles. The maximum absolute atomic E-state index is 12.4. The number of carbonyl (C=O) groups is 3. The predicted molar refractivity (Wildman–Crippen MR) is 128 cm³/mol. The van der Waals surface area contributed by atoms with Gasteiger partial charge < -0.3 is 20.5 Å². The molecule has 3 aromatic rings. The van der Waals surface area contributed by atoms with Gasteiger partial charge in [0.05, 0.1) is 18.2 Å². The highest BCUT2D eigenvalue weighted by atomic mass is 16.5. The zero-order valence-corrected chi connectivity index (χ0v) is 18.9. The number of fused-ring (bicyclic) bond motifs is 3. The quantitative estimate of drug-likeness (QED) is 0.462. The van der Waals surface area contributed by atoms with Crippen molar-refractivity contribution in [2.75, 3.05) is 13.2 Å². The molecule has 0 bridgehead atoms. The molecule has 0 radical (unpaired) electrons. The van der Waals surface area contributed by atoms with Crippen LogP contribution in [0, 0.1) is 11.8 Å². The molecule has 0 aliphatic heterocycles. The van der Waals surface area contributed by atoms with Crippen LogP contribution in [0.5, 0.6) is 0 Å². The van der Waals surface area contributed by atoms with Crippen molar-refractivity contribution < 1.29 is 24.2 Å². The first-order chi connectivity index (χ1) is 17.0. The molecular weight excluding hydrogens is 446 g/mol. The molecule has 0 spiro atoms. The lowest BCUT2D eigenvalue weighted by atomic mass is 9.98. The van der Waals surface area contributed by atoms with Crippen LogP contribution in [0.1, 0.15) is 39.5 Å². The van der Waals surface area contributed by atoms with Crippen molar-refractivity contribution in [2.24, 2.45) is 11.8 Å². The van der Waals surface area contributed by atoms with Crippen LogP contribution in [0.3, 0.4) is 0 Å². The lowest BCUT2D eigenvalue weighted by Crippen LogP contribution is -2.28. The number of carbonyl (C=O) groups excluding carboxylic acids is 2. The highest BCUT2D eigenvalue weighted by Gasteiger charge is 2.43. The second-order valence-electron chi connectivity index (χ2n) is 8.87. The van der Waals surface area contributed by atoms with Gasteiger partial charge in [0.15, 0.2) is 0 Å². The van der Waals surface area contributed by atoms with E-state index in [2.05, 4.69) is 39.9 Å². The maximum atomic E-state index is 12.4. The first-order valence-corrected chi connectivity index (χ1v) is 11.6. The Morgan fingerprint density at radius 1 is 0.971 bits per heavy atom. The number of aliphatic carboxylic acids is 1. The number of nitrogens with one attached hydrogen (secondary N) is 2. The molecule has 35 heavy (non-hydrogen) atoms. The fourth-order valence-electron chi connectivity index (χ4n) is 4.63. The normalized spacial score (nSPS) is 17.7. The van der Waals surface area contributed by atoms with E-state index in [-0.39, 0.29) is 36.8 Å². The number of rotatable bonds is 8. The minimum absolute atomic E-state index is 0.0204. The largest absolute Gasteiger partial charge is 0.481 e. The molecule has 2 aromatic carbocycles. The Kier molecular flexibility index (Phi) is 6.18. The van der Waals surface area contributed by atoms with Crippen LogP contribution < -0.4 is 10.6 Å². The smallest absolute Gasteiger partial charge is 0.407 e. The summed E-state index contributed by atoms with van der Waals surface area (Å²) < 4.78 is 5.54. The summed E-state index contributed by atoms with van der Waals surface area (Å²) in [4.78, 5) is 39.9. The van der Waals surface area contributed by atoms with Crippen molar-refractivity contribution >= 4 is 18.0 Å². The van der Waals surface area contributed by atoms with Gasteiger partial charge in [0.25, 0.3) is 5.91 Å². The summed E-state index contributed by atoms with van der Waals surface area (Å²) in [5.41, 5.74) is 5.52. The van der Waals surface area contributed by atoms with Crippen LogP contribution in [-0.2, 0) is 16.1 Å². The number of hydrogen-bond donors (Lipinski definition) is 3. The summed E-state index contributed by atoms with van der Waals surface area (Å²) in [6.07, 6.45) is 1.53. The number of nitrogens with zero attached hydrogens (tertiary/aromatic N) is 1. The second-order valence-corrected chi connectivity index (χ2v) is 8.87. The summed E-state index contributed by atoms with van der Waals surface area (Å²) >= 11 is 0. The Balaban J connectivity index is 1.13. The molecule has 3 N–H and O–H groups in total. The van der Waals surface area contributed by atoms with Gasteiger partial charge in [0.2, 0.25) is 0 Å². The zero-order valence-electron chi connectivity index (χ0n) is 18.9. The SMILES string of the molecule is O=C(NCc1cc(C(=O)NC[C@H]2C[C@H]2C(=O)O)ccn1)OCC1c2ccccc2-c2ccccc21. The van der Waals surface area contributed by atoms with E-state index in [9.17, 15) is 14.4 Å². The Bertz CT molecular complexity index is 1250. The van der Waals surface area contributed by atoms with Crippen LogP contribution in [0.2, 0.25) is 0 Å². The van der Waals surface area contributed by atoms with Gasteiger partial charge in [-0.2, -0.15) is 0 Å². The van der Waals surface area contributed by atoms with Crippen LogP contribution in [-0.4, -0.2) is 41.2 Å². The Hall–Kier alpha value is -4.20. The molecule has 2 aliphatic rings. The van der Waals surface area contributed by atoms with Gasteiger partial charge in [0.1, 0.15) is 6.61 Å². The topological polar surface area (TPSA) is 118 Å². The van der Waals surface area contributed by atoms with Crippen LogP contribution >= 0.6 is 0 Å². The van der Waals surface area contributed by atoms with E-state index >= 15 is 0 Å². The lowest BCUT2D eigenvalue weighted by Gasteiger charge is -2.14. The van der Waals surface area contributed by atoms with Gasteiger partial charge in [-0.15, -0.1) is 0 Å². The number of carboxylic acids is 1. The molecule has 1 aromatic heterocycles. The van der Waals surface area contributed by atoms with Crippen molar-refractivity contribution in [2.45, 2.75) is 18.9 Å². The van der Waals surface area contributed by atoms with Crippen molar-refractivity contribution in [3.8, 4) is 11.1 Å². The van der Waals surface area contributed by atoms with Crippen LogP contribution in [0.15, 0.2) is 66.9 Å². The molecule has 178 valence electrons.